The predicted molar refractivity (Wildman–Crippen MR) is 49.2 cm³/mol. The molecule has 0 fully saturated rings. The van der Waals surface area contributed by atoms with Crippen molar-refractivity contribution in [1.82, 2.24) is 5.32 Å². The van der Waals surface area contributed by atoms with Crippen molar-refractivity contribution in [3.05, 3.63) is 36.8 Å². The minimum atomic E-state index is -0.143. The van der Waals surface area contributed by atoms with E-state index in [9.17, 15) is 4.39 Å². The standard InChI is InChI=1S/C10H14FN/c1-3-12-10-7-6-9(11)5-4-8(10)2/h3,5-8,10,12H,1,4H2,2H3/t8?,10-/m1/s1. The molecule has 0 aromatic heterocycles. The minimum Gasteiger partial charge on any atom is -0.385 e. The molecule has 0 aromatic carbocycles. The van der Waals surface area contributed by atoms with Gasteiger partial charge in [0.25, 0.3) is 0 Å². The number of halogens is 1. The van der Waals surface area contributed by atoms with Crippen molar-refractivity contribution in [1.29, 1.82) is 0 Å². The number of hydrogen-bond donors (Lipinski definition) is 1. The maximum absolute atomic E-state index is 12.8. The molecule has 0 spiro atoms. The molecule has 0 aliphatic heterocycles. The number of nitrogens with one attached hydrogen (secondary N) is 1. The van der Waals surface area contributed by atoms with Gasteiger partial charge >= 0.3 is 0 Å². The second-order valence-electron chi connectivity index (χ2n) is 3.06. The zero-order chi connectivity index (χ0) is 8.97. The molecule has 12 heavy (non-hydrogen) atoms. The van der Waals surface area contributed by atoms with E-state index in [4.69, 9.17) is 0 Å². The third-order valence-corrected chi connectivity index (χ3v) is 2.07. The second kappa shape index (κ2) is 4.10. The van der Waals surface area contributed by atoms with E-state index in [1.165, 1.54) is 6.08 Å². The fourth-order valence-electron chi connectivity index (χ4n) is 1.25. The van der Waals surface area contributed by atoms with Crippen molar-refractivity contribution < 1.29 is 4.39 Å². The highest BCUT2D eigenvalue weighted by Crippen LogP contribution is 2.17. The lowest BCUT2D eigenvalue weighted by molar-refractivity contribution is 0.481. The first-order valence-corrected chi connectivity index (χ1v) is 4.15. The van der Waals surface area contributed by atoms with Crippen LogP contribution in [0.3, 0.4) is 0 Å². The van der Waals surface area contributed by atoms with Gasteiger partial charge in [0, 0.05) is 6.04 Å². The minimum absolute atomic E-state index is 0.143. The average Bonchev–Trinajstić information content (AvgIpc) is 2.20. The predicted octanol–water partition coefficient (Wildman–Crippen LogP) is 2.54. The van der Waals surface area contributed by atoms with Crippen LogP contribution in [-0.4, -0.2) is 6.04 Å². The summed E-state index contributed by atoms with van der Waals surface area (Å²) in [4.78, 5) is 0. The largest absolute Gasteiger partial charge is 0.385 e. The highest BCUT2D eigenvalue weighted by molar-refractivity contribution is 5.17. The Morgan fingerprint density at radius 2 is 2.50 bits per heavy atom. The second-order valence-corrected chi connectivity index (χ2v) is 3.06. The molecular weight excluding hydrogens is 153 g/mol. The summed E-state index contributed by atoms with van der Waals surface area (Å²) in [6.45, 7) is 5.67. The molecule has 0 aromatic rings. The van der Waals surface area contributed by atoms with Crippen LogP contribution in [0.4, 0.5) is 4.39 Å². The monoisotopic (exact) mass is 167 g/mol. The van der Waals surface area contributed by atoms with Crippen molar-refractivity contribution in [3.8, 4) is 0 Å². The Labute approximate surface area is 72.7 Å². The summed E-state index contributed by atoms with van der Waals surface area (Å²) < 4.78 is 12.8. The summed E-state index contributed by atoms with van der Waals surface area (Å²) in [6.07, 6.45) is 7.38. The molecule has 0 bridgehead atoms. The van der Waals surface area contributed by atoms with Crippen LogP contribution in [0.5, 0.6) is 0 Å². The molecule has 1 N–H and O–H groups in total. The fourth-order valence-corrected chi connectivity index (χ4v) is 1.25. The quantitative estimate of drug-likeness (QED) is 0.666. The molecule has 1 rings (SSSR count). The van der Waals surface area contributed by atoms with Gasteiger partial charge in [0.1, 0.15) is 5.83 Å². The number of hydrogen-bond acceptors (Lipinski definition) is 1. The van der Waals surface area contributed by atoms with Gasteiger partial charge in [-0.2, -0.15) is 0 Å². The number of allylic oxidation sites excluding steroid dienone is 3. The lowest BCUT2D eigenvalue weighted by Gasteiger charge is -2.18. The summed E-state index contributed by atoms with van der Waals surface area (Å²) in [5.41, 5.74) is 0. The molecule has 1 aliphatic carbocycles. The highest BCUT2D eigenvalue weighted by Gasteiger charge is 2.13. The first-order chi connectivity index (χ1) is 5.74. The van der Waals surface area contributed by atoms with Crippen molar-refractivity contribution >= 4 is 0 Å². The van der Waals surface area contributed by atoms with Crippen LogP contribution in [0, 0.1) is 5.92 Å². The van der Waals surface area contributed by atoms with E-state index in [0.717, 1.165) is 6.42 Å². The molecule has 0 radical (unpaired) electrons. The average molecular weight is 167 g/mol. The Morgan fingerprint density at radius 3 is 3.17 bits per heavy atom. The Hall–Kier alpha value is -1.05. The van der Waals surface area contributed by atoms with Gasteiger partial charge in [0.05, 0.1) is 0 Å². The Kier molecular flexibility index (Phi) is 3.09. The van der Waals surface area contributed by atoms with Gasteiger partial charge < -0.3 is 5.32 Å². The topological polar surface area (TPSA) is 12.0 Å². The van der Waals surface area contributed by atoms with E-state index in [0.29, 0.717) is 5.92 Å². The fraction of sp³-hybridized carbons (Fsp3) is 0.400. The molecule has 2 atom stereocenters. The van der Waals surface area contributed by atoms with Crippen LogP contribution in [-0.2, 0) is 0 Å². The van der Waals surface area contributed by atoms with Gasteiger partial charge in [-0.3, -0.25) is 0 Å². The summed E-state index contributed by atoms with van der Waals surface area (Å²) in [7, 11) is 0. The van der Waals surface area contributed by atoms with E-state index in [1.807, 2.05) is 6.08 Å². The first-order valence-electron chi connectivity index (χ1n) is 4.15. The normalized spacial score (nSPS) is 29.0. The van der Waals surface area contributed by atoms with E-state index in [-0.39, 0.29) is 11.9 Å². The highest BCUT2D eigenvalue weighted by atomic mass is 19.1. The van der Waals surface area contributed by atoms with Crippen LogP contribution in [0.1, 0.15) is 13.3 Å². The van der Waals surface area contributed by atoms with E-state index < -0.39 is 0 Å². The van der Waals surface area contributed by atoms with Gasteiger partial charge in [0.15, 0.2) is 0 Å². The van der Waals surface area contributed by atoms with Crippen molar-refractivity contribution in [2.24, 2.45) is 5.92 Å². The van der Waals surface area contributed by atoms with Crippen LogP contribution < -0.4 is 5.32 Å². The van der Waals surface area contributed by atoms with Crippen molar-refractivity contribution in [2.75, 3.05) is 0 Å². The van der Waals surface area contributed by atoms with E-state index >= 15 is 0 Å². The van der Waals surface area contributed by atoms with Crippen molar-refractivity contribution in [3.63, 3.8) is 0 Å². The smallest absolute Gasteiger partial charge is 0.119 e. The maximum Gasteiger partial charge on any atom is 0.119 e. The summed E-state index contributed by atoms with van der Waals surface area (Å²) >= 11 is 0. The van der Waals surface area contributed by atoms with Gasteiger partial charge in [-0.1, -0.05) is 19.6 Å². The molecule has 1 nitrogen and oxygen atoms in total. The molecule has 2 heteroatoms. The lowest BCUT2D eigenvalue weighted by atomic mass is 9.99. The molecular formula is C10H14FN. The molecule has 1 aliphatic rings. The number of rotatable bonds is 2. The molecule has 0 saturated carbocycles. The van der Waals surface area contributed by atoms with Crippen LogP contribution in [0.2, 0.25) is 0 Å². The van der Waals surface area contributed by atoms with Crippen LogP contribution in [0.15, 0.2) is 36.8 Å². The Bertz CT molecular complexity index is 218. The van der Waals surface area contributed by atoms with Gasteiger partial charge in [-0.25, -0.2) is 4.39 Å². The molecule has 66 valence electrons. The van der Waals surface area contributed by atoms with E-state index in [1.54, 1.807) is 12.3 Å². The van der Waals surface area contributed by atoms with Crippen LogP contribution >= 0.6 is 0 Å². The lowest BCUT2D eigenvalue weighted by Crippen LogP contribution is -2.28. The van der Waals surface area contributed by atoms with Gasteiger partial charge in [-0.15, -0.1) is 0 Å². The molecule has 0 amide bonds. The molecule has 0 saturated heterocycles. The Morgan fingerprint density at radius 1 is 1.75 bits per heavy atom. The van der Waals surface area contributed by atoms with Gasteiger partial charge in [0.2, 0.25) is 0 Å². The maximum atomic E-state index is 12.8. The molecule has 1 unspecified atom stereocenters. The third kappa shape index (κ3) is 2.22. The Balaban J connectivity index is 2.65. The van der Waals surface area contributed by atoms with Crippen molar-refractivity contribution in [2.45, 2.75) is 19.4 Å². The summed E-state index contributed by atoms with van der Waals surface area (Å²) in [5, 5.41) is 3.07. The van der Waals surface area contributed by atoms with Gasteiger partial charge in [-0.05, 0) is 30.7 Å². The van der Waals surface area contributed by atoms with Crippen LogP contribution in [0.25, 0.3) is 0 Å². The van der Waals surface area contributed by atoms with E-state index in [2.05, 4.69) is 18.8 Å². The molecule has 0 heterocycles. The zero-order valence-corrected chi connectivity index (χ0v) is 7.26. The third-order valence-electron chi connectivity index (χ3n) is 2.07. The first kappa shape index (κ1) is 9.04. The summed E-state index contributed by atoms with van der Waals surface area (Å²) in [5.74, 6) is 0.266. The zero-order valence-electron chi connectivity index (χ0n) is 7.26. The summed E-state index contributed by atoms with van der Waals surface area (Å²) in [6, 6.07) is 0.201. The SMILES string of the molecule is C=CN[C@@H]1C=CC(F)=CCC1C.